The number of para-hydroxylation sites is 2. The van der Waals surface area contributed by atoms with Crippen molar-refractivity contribution in [1.29, 1.82) is 5.26 Å². The second kappa shape index (κ2) is 6.61. The first kappa shape index (κ1) is 16.7. The second-order valence-corrected chi connectivity index (χ2v) is 7.51. The van der Waals surface area contributed by atoms with Crippen LogP contribution in [0.1, 0.15) is 15.9 Å². The molecule has 0 spiro atoms. The second-order valence-electron chi connectivity index (χ2n) is 7.51. The fraction of sp³-hybridized carbons (Fsp3) is 0.273. The number of nitriles is 1. The Balaban J connectivity index is 1.31. The molecule has 138 valence electrons. The van der Waals surface area contributed by atoms with E-state index in [1.54, 1.807) is 18.2 Å². The highest BCUT2D eigenvalue weighted by Gasteiger charge is 2.42. The Bertz CT molecular complexity index is 1090. The molecule has 2 aliphatic heterocycles. The van der Waals surface area contributed by atoms with Gasteiger partial charge in [0, 0.05) is 38.0 Å². The van der Waals surface area contributed by atoms with Crippen LogP contribution < -0.4 is 4.90 Å². The number of anilines is 1. The molecule has 1 amide bonds. The average Bonchev–Trinajstić information content (AvgIpc) is 3.32. The minimum absolute atomic E-state index is 0.0383. The van der Waals surface area contributed by atoms with Crippen LogP contribution in [0.2, 0.25) is 0 Å². The van der Waals surface area contributed by atoms with Crippen molar-refractivity contribution in [3.63, 3.8) is 0 Å². The minimum Gasteiger partial charge on any atom is -0.355 e. The molecule has 0 aliphatic carbocycles. The first-order chi connectivity index (χ1) is 13.7. The number of fused-ring (bicyclic) bond motifs is 2. The van der Waals surface area contributed by atoms with Gasteiger partial charge in [-0.1, -0.05) is 24.3 Å². The summed E-state index contributed by atoms with van der Waals surface area (Å²) in [5, 5.41) is 9.27. The molecule has 6 heteroatoms. The molecule has 0 saturated carbocycles. The van der Waals surface area contributed by atoms with Gasteiger partial charge in [0.05, 0.1) is 34.4 Å². The number of hydrogen-bond donors (Lipinski definition) is 0. The number of benzene rings is 2. The van der Waals surface area contributed by atoms with E-state index >= 15 is 0 Å². The first-order valence-corrected chi connectivity index (χ1v) is 9.48. The number of carbonyl (C=O) groups is 1. The number of rotatable bonds is 2. The van der Waals surface area contributed by atoms with Gasteiger partial charge in [-0.15, -0.1) is 0 Å². The zero-order valence-corrected chi connectivity index (χ0v) is 15.3. The Labute approximate surface area is 163 Å². The maximum Gasteiger partial charge on any atom is 0.255 e. The van der Waals surface area contributed by atoms with Crippen LogP contribution in [-0.4, -0.2) is 47.0 Å². The van der Waals surface area contributed by atoms with Gasteiger partial charge in [-0.3, -0.25) is 9.78 Å². The van der Waals surface area contributed by atoms with Crippen molar-refractivity contribution in [2.45, 2.75) is 0 Å². The molecule has 28 heavy (non-hydrogen) atoms. The van der Waals surface area contributed by atoms with Crippen molar-refractivity contribution in [3.8, 4) is 6.07 Å². The summed E-state index contributed by atoms with van der Waals surface area (Å²) in [4.78, 5) is 26.3. The molecule has 2 aromatic carbocycles. The molecule has 5 rings (SSSR count). The molecule has 3 aromatic rings. The van der Waals surface area contributed by atoms with Gasteiger partial charge in [-0.25, -0.2) is 4.98 Å². The SMILES string of the molecule is N#Cc1ccccc1C(=O)N1CC2CN(c3cnc4ccccc4n3)CC2C1. The fourth-order valence-corrected chi connectivity index (χ4v) is 4.38. The van der Waals surface area contributed by atoms with Gasteiger partial charge < -0.3 is 9.80 Å². The third kappa shape index (κ3) is 2.76. The lowest BCUT2D eigenvalue weighted by Gasteiger charge is -2.22. The van der Waals surface area contributed by atoms with E-state index in [0.717, 1.165) is 43.0 Å². The molecule has 0 bridgehead atoms. The summed E-state index contributed by atoms with van der Waals surface area (Å²) in [5.41, 5.74) is 2.75. The lowest BCUT2D eigenvalue weighted by atomic mass is 10.0. The number of carbonyl (C=O) groups excluding carboxylic acids is 1. The summed E-state index contributed by atoms with van der Waals surface area (Å²) in [6.07, 6.45) is 1.84. The van der Waals surface area contributed by atoms with Gasteiger partial charge in [-0.2, -0.15) is 5.26 Å². The molecule has 6 nitrogen and oxygen atoms in total. The smallest absolute Gasteiger partial charge is 0.255 e. The molecule has 0 N–H and O–H groups in total. The van der Waals surface area contributed by atoms with E-state index in [1.807, 2.05) is 41.4 Å². The van der Waals surface area contributed by atoms with Gasteiger partial charge >= 0.3 is 0 Å². The molecule has 2 aliphatic rings. The lowest BCUT2D eigenvalue weighted by molar-refractivity contribution is 0.0782. The zero-order chi connectivity index (χ0) is 19.1. The lowest BCUT2D eigenvalue weighted by Crippen LogP contribution is -2.33. The first-order valence-electron chi connectivity index (χ1n) is 9.48. The van der Waals surface area contributed by atoms with Crippen LogP contribution in [0.25, 0.3) is 11.0 Å². The van der Waals surface area contributed by atoms with Crippen molar-refractivity contribution in [2.24, 2.45) is 11.8 Å². The van der Waals surface area contributed by atoms with Crippen LogP contribution in [0.3, 0.4) is 0 Å². The van der Waals surface area contributed by atoms with Crippen LogP contribution in [-0.2, 0) is 0 Å². The van der Waals surface area contributed by atoms with E-state index in [0.29, 0.717) is 23.0 Å². The average molecular weight is 369 g/mol. The van der Waals surface area contributed by atoms with Crippen LogP contribution in [0, 0.1) is 23.2 Å². The Morgan fingerprint density at radius 3 is 2.39 bits per heavy atom. The maximum atomic E-state index is 12.9. The summed E-state index contributed by atoms with van der Waals surface area (Å²) in [5.74, 6) is 1.71. The van der Waals surface area contributed by atoms with Crippen LogP contribution in [0.5, 0.6) is 0 Å². The highest BCUT2D eigenvalue weighted by molar-refractivity contribution is 5.96. The monoisotopic (exact) mass is 369 g/mol. The van der Waals surface area contributed by atoms with E-state index in [4.69, 9.17) is 4.98 Å². The number of nitrogens with zero attached hydrogens (tertiary/aromatic N) is 5. The van der Waals surface area contributed by atoms with Crippen LogP contribution >= 0.6 is 0 Å². The van der Waals surface area contributed by atoms with Crippen molar-refractivity contribution >= 4 is 22.8 Å². The van der Waals surface area contributed by atoms with Crippen LogP contribution in [0.4, 0.5) is 5.82 Å². The Morgan fingerprint density at radius 2 is 1.64 bits per heavy atom. The van der Waals surface area contributed by atoms with E-state index in [2.05, 4.69) is 16.0 Å². The summed E-state index contributed by atoms with van der Waals surface area (Å²) in [7, 11) is 0. The minimum atomic E-state index is -0.0383. The Hall–Kier alpha value is -3.46. The van der Waals surface area contributed by atoms with Crippen molar-refractivity contribution in [2.75, 3.05) is 31.1 Å². The molecule has 2 unspecified atom stereocenters. The predicted octanol–water partition coefficient (Wildman–Crippen LogP) is 2.71. The zero-order valence-electron chi connectivity index (χ0n) is 15.3. The van der Waals surface area contributed by atoms with Gasteiger partial charge in [0.2, 0.25) is 0 Å². The quantitative estimate of drug-likeness (QED) is 0.694. The van der Waals surface area contributed by atoms with E-state index < -0.39 is 0 Å². The number of aromatic nitrogens is 2. The van der Waals surface area contributed by atoms with E-state index in [9.17, 15) is 10.1 Å². The molecule has 2 fully saturated rings. The topological polar surface area (TPSA) is 73.1 Å². The van der Waals surface area contributed by atoms with Crippen molar-refractivity contribution in [3.05, 3.63) is 65.9 Å². The molecule has 2 atom stereocenters. The van der Waals surface area contributed by atoms with Gasteiger partial charge in [0.15, 0.2) is 0 Å². The maximum absolute atomic E-state index is 12.9. The van der Waals surface area contributed by atoms with E-state index in [-0.39, 0.29) is 5.91 Å². The third-order valence-corrected chi connectivity index (χ3v) is 5.81. The highest BCUT2D eigenvalue weighted by Crippen LogP contribution is 2.34. The highest BCUT2D eigenvalue weighted by atomic mass is 16.2. The molecule has 3 heterocycles. The van der Waals surface area contributed by atoms with E-state index in [1.165, 1.54) is 0 Å². The fourth-order valence-electron chi connectivity index (χ4n) is 4.38. The molecule has 2 saturated heterocycles. The van der Waals surface area contributed by atoms with Crippen molar-refractivity contribution in [1.82, 2.24) is 14.9 Å². The summed E-state index contributed by atoms with van der Waals surface area (Å²) >= 11 is 0. The summed E-state index contributed by atoms with van der Waals surface area (Å²) in [6.45, 7) is 3.20. The summed E-state index contributed by atoms with van der Waals surface area (Å²) < 4.78 is 0. The molecule has 0 radical (unpaired) electrons. The van der Waals surface area contributed by atoms with Gasteiger partial charge in [-0.05, 0) is 24.3 Å². The normalized spacial score (nSPS) is 21.0. The molecule has 1 aromatic heterocycles. The standard InChI is InChI=1S/C22H19N5O/c23-9-15-5-1-2-6-18(15)22(28)27-13-16-11-26(12-17(16)14-27)21-10-24-19-7-3-4-8-20(19)25-21/h1-8,10,16-17H,11-14H2. The predicted molar refractivity (Wildman–Crippen MR) is 106 cm³/mol. The number of hydrogen-bond acceptors (Lipinski definition) is 5. The van der Waals surface area contributed by atoms with Gasteiger partial charge in [0.1, 0.15) is 5.82 Å². The number of amides is 1. The third-order valence-electron chi connectivity index (χ3n) is 5.81. The Morgan fingerprint density at radius 1 is 0.964 bits per heavy atom. The van der Waals surface area contributed by atoms with Crippen molar-refractivity contribution < 1.29 is 4.79 Å². The van der Waals surface area contributed by atoms with Crippen LogP contribution in [0.15, 0.2) is 54.7 Å². The molecular formula is C22H19N5O. The Kier molecular flexibility index (Phi) is 3.94. The summed E-state index contributed by atoms with van der Waals surface area (Å²) in [6, 6.07) is 17.0. The molecular weight excluding hydrogens is 350 g/mol. The largest absolute Gasteiger partial charge is 0.355 e. The van der Waals surface area contributed by atoms with Gasteiger partial charge in [0.25, 0.3) is 5.91 Å². The number of likely N-dealkylation sites (tertiary alicyclic amines) is 1.